The summed E-state index contributed by atoms with van der Waals surface area (Å²) in [5.41, 5.74) is 0. The highest BCUT2D eigenvalue weighted by Crippen LogP contribution is 2.07. The average molecular weight is 117 g/mol. The molecule has 1 fully saturated rings. The molecule has 1 saturated heterocycles. The number of nitrogens with one attached hydrogen (secondary N) is 1. The van der Waals surface area contributed by atoms with Gasteiger partial charge in [0.1, 0.15) is 0 Å². The van der Waals surface area contributed by atoms with Gasteiger partial charge in [-0.05, 0) is 26.3 Å². The topological polar surface area (TPSA) is 32.3 Å². The molecule has 2 heteroatoms. The first-order valence-corrected chi connectivity index (χ1v) is 3.22. The van der Waals surface area contributed by atoms with Crippen molar-refractivity contribution in [2.45, 2.75) is 31.9 Å². The fourth-order valence-corrected chi connectivity index (χ4v) is 1.12. The van der Waals surface area contributed by atoms with E-state index in [-0.39, 0.29) is 7.53 Å². The fourth-order valence-electron chi connectivity index (χ4n) is 1.12. The molecule has 2 nitrogen and oxygen atoms in total. The Bertz CT molecular complexity index is 71.5. The van der Waals surface area contributed by atoms with Crippen LogP contribution in [-0.4, -0.2) is 23.8 Å². The van der Waals surface area contributed by atoms with Crippen molar-refractivity contribution in [2.75, 3.05) is 6.54 Å². The summed E-state index contributed by atoms with van der Waals surface area (Å²) in [6.45, 7) is 2.92. The van der Waals surface area contributed by atoms with Crippen LogP contribution >= 0.6 is 0 Å². The van der Waals surface area contributed by atoms with Gasteiger partial charge in [-0.25, -0.2) is 0 Å². The highest BCUT2D eigenvalue weighted by atomic mass is 16.3. The lowest BCUT2D eigenvalue weighted by Gasteiger charge is -2.11. The predicted octanol–water partition coefficient (Wildman–Crippen LogP) is 0.365. The van der Waals surface area contributed by atoms with Gasteiger partial charge in [0.25, 0.3) is 0 Å². The van der Waals surface area contributed by atoms with E-state index in [1.807, 2.05) is 6.92 Å². The second-order valence-corrected chi connectivity index (χ2v) is 2.44. The van der Waals surface area contributed by atoms with Crippen LogP contribution in [0, 0.1) is 0 Å². The summed E-state index contributed by atoms with van der Waals surface area (Å²) in [6, 6.07) is 0.370. The largest absolute Gasteiger partial charge is 0.392 e. The van der Waals surface area contributed by atoms with Crippen molar-refractivity contribution in [3.8, 4) is 0 Å². The first kappa shape index (κ1) is 6.05. The van der Waals surface area contributed by atoms with Crippen LogP contribution in [0.1, 0.15) is 21.2 Å². The van der Waals surface area contributed by atoms with Crippen molar-refractivity contribution < 1.29 is 6.53 Å². The molecule has 8 heavy (non-hydrogen) atoms. The van der Waals surface area contributed by atoms with Crippen molar-refractivity contribution in [1.82, 2.24) is 5.32 Å². The molecule has 2 atom stereocenters. The molecule has 2 N–H and O–H groups in total. The normalized spacial score (nSPS) is 33.0. The maximum atomic E-state index is 8.99. The molecule has 0 saturated carbocycles. The van der Waals surface area contributed by atoms with Crippen LogP contribution in [0.5, 0.6) is 0 Å². The molecule has 0 aromatic heterocycles. The maximum absolute atomic E-state index is 8.99. The SMILES string of the molecule is CC(O)[C@@H]1CCCN1.[HH]. The quantitative estimate of drug-likeness (QED) is 0.520. The Morgan fingerprint density at radius 1 is 1.88 bits per heavy atom. The van der Waals surface area contributed by atoms with E-state index in [1.165, 1.54) is 6.42 Å². The van der Waals surface area contributed by atoms with Crippen LogP contribution in [0.2, 0.25) is 0 Å². The molecule has 1 rings (SSSR count). The summed E-state index contributed by atoms with van der Waals surface area (Å²) < 4.78 is 0. The molecule has 1 heterocycles. The number of aliphatic hydroxyl groups excluding tert-OH is 1. The fraction of sp³-hybridized carbons (Fsp3) is 1.00. The summed E-state index contributed by atoms with van der Waals surface area (Å²) in [7, 11) is 0. The number of hydrogen-bond acceptors (Lipinski definition) is 2. The first-order chi connectivity index (χ1) is 3.80. The lowest BCUT2D eigenvalue weighted by molar-refractivity contribution is 0.154. The van der Waals surface area contributed by atoms with Crippen LogP contribution in [0.15, 0.2) is 0 Å². The predicted molar refractivity (Wildman–Crippen MR) is 34.8 cm³/mol. The van der Waals surface area contributed by atoms with Crippen molar-refractivity contribution >= 4 is 0 Å². The molecule has 50 valence electrons. The maximum Gasteiger partial charge on any atom is 0.0665 e. The zero-order chi connectivity index (χ0) is 5.98. The van der Waals surface area contributed by atoms with Gasteiger partial charge in [-0.2, -0.15) is 0 Å². The Morgan fingerprint density at radius 3 is 2.88 bits per heavy atom. The minimum Gasteiger partial charge on any atom is -0.392 e. The molecule has 0 aromatic carbocycles. The van der Waals surface area contributed by atoms with E-state index in [1.54, 1.807) is 0 Å². The molecule has 0 amide bonds. The molecular formula is C6H15NO. The van der Waals surface area contributed by atoms with Crippen molar-refractivity contribution in [2.24, 2.45) is 0 Å². The van der Waals surface area contributed by atoms with Crippen LogP contribution in [-0.2, 0) is 0 Å². The van der Waals surface area contributed by atoms with Crippen molar-refractivity contribution in [1.29, 1.82) is 0 Å². The van der Waals surface area contributed by atoms with E-state index in [4.69, 9.17) is 5.11 Å². The van der Waals surface area contributed by atoms with Crippen LogP contribution in [0.3, 0.4) is 0 Å². The highest BCUT2D eigenvalue weighted by Gasteiger charge is 2.17. The highest BCUT2D eigenvalue weighted by molar-refractivity contribution is 4.77. The van der Waals surface area contributed by atoms with Gasteiger partial charge >= 0.3 is 0 Å². The average Bonchev–Trinajstić information content (AvgIpc) is 2.12. The van der Waals surface area contributed by atoms with Gasteiger partial charge in [-0.15, -0.1) is 0 Å². The van der Waals surface area contributed by atoms with Gasteiger partial charge < -0.3 is 10.4 Å². The van der Waals surface area contributed by atoms with Gasteiger partial charge in [0, 0.05) is 7.47 Å². The van der Waals surface area contributed by atoms with Crippen LogP contribution in [0.4, 0.5) is 0 Å². The van der Waals surface area contributed by atoms with Gasteiger partial charge in [-0.3, -0.25) is 0 Å². The van der Waals surface area contributed by atoms with E-state index in [0.29, 0.717) is 6.04 Å². The van der Waals surface area contributed by atoms with Crippen molar-refractivity contribution in [3.63, 3.8) is 0 Å². The standard InChI is InChI=1S/C6H13NO.H2/c1-5(8)6-3-2-4-7-6;/h5-8H,2-4H2,1H3;1H/t5?,6-;/m0./s1. The van der Waals surface area contributed by atoms with Gasteiger partial charge in [0.15, 0.2) is 0 Å². The molecule has 0 aliphatic carbocycles. The smallest absolute Gasteiger partial charge is 0.0665 e. The van der Waals surface area contributed by atoms with Crippen LogP contribution in [0.25, 0.3) is 0 Å². The molecule has 0 spiro atoms. The third-order valence-electron chi connectivity index (χ3n) is 1.68. The summed E-state index contributed by atoms with van der Waals surface area (Å²) in [6.07, 6.45) is 2.19. The van der Waals surface area contributed by atoms with Crippen LogP contribution < -0.4 is 5.32 Å². The number of aliphatic hydroxyl groups is 1. The Kier molecular flexibility index (Phi) is 1.86. The molecule has 1 aliphatic rings. The summed E-state index contributed by atoms with van der Waals surface area (Å²) in [5.74, 6) is 0. The molecule has 0 radical (unpaired) electrons. The summed E-state index contributed by atoms with van der Waals surface area (Å²) >= 11 is 0. The number of hydrogen-bond donors (Lipinski definition) is 2. The van der Waals surface area contributed by atoms with E-state index < -0.39 is 0 Å². The zero-order valence-electron chi connectivity index (χ0n) is 5.22. The third-order valence-corrected chi connectivity index (χ3v) is 1.68. The van der Waals surface area contributed by atoms with Gasteiger partial charge in [-0.1, -0.05) is 0 Å². The monoisotopic (exact) mass is 117 g/mol. The molecule has 0 bridgehead atoms. The van der Waals surface area contributed by atoms with E-state index in [2.05, 4.69) is 5.32 Å². The molecular weight excluding hydrogens is 102 g/mol. The van der Waals surface area contributed by atoms with E-state index in [0.717, 1.165) is 13.0 Å². The van der Waals surface area contributed by atoms with Gasteiger partial charge in [0.05, 0.1) is 6.10 Å². The Morgan fingerprint density at radius 2 is 2.62 bits per heavy atom. The summed E-state index contributed by atoms with van der Waals surface area (Å²) in [4.78, 5) is 0. The lowest BCUT2D eigenvalue weighted by Crippen LogP contribution is -2.32. The second kappa shape index (κ2) is 2.46. The minimum atomic E-state index is -0.169. The van der Waals surface area contributed by atoms with E-state index >= 15 is 0 Å². The molecule has 1 aliphatic heterocycles. The van der Waals surface area contributed by atoms with Crippen molar-refractivity contribution in [3.05, 3.63) is 0 Å². The van der Waals surface area contributed by atoms with Gasteiger partial charge in [0.2, 0.25) is 0 Å². The summed E-state index contributed by atoms with van der Waals surface area (Å²) in [5, 5.41) is 12.2. The Hall–Kier alpha value is -0.0800. The lowest BCUT2D eigenvalue weighted by atomic mass is 10.1. The van der Waals surface area contributed by atoms with E-state index in [9.17, 15) is 0 Å². The first-order valence-electron chi connectivity index (χ1n) is 3.22. The minimum absolute atomic E-state index is 0. The third kappa shape index (κ3) is 1.20. The molecule has 0 aromatic rings. The Labute approximate surface area is 51.4 Å². The molecule has 1 unspecified atom stereocenters. The zero-order valence-corrected chi connectivity index (χ0v) is 5.22. The number of rotatable bonds is 1. The second-order valence-electron chi connectivity index (χ2n) is 2.44. The Balaban J connectivity index is 0.000000640.